The molecule has 2 rings (SSSR count). The summed E-state index contributed by atoms with van der Waals surface area (Å²) >= 11 is 11.7. The smallest absolute Gasteiger partial charge is 0.147 e. The monoisotopic (exact) mass is 266 g/mol. The normalized spacial score (nSPS) is 10.0. The number of aromatic nitrogens is 1. The van der Waals surface area contributed by atoms with E-state index in [9.17, 15) is 4.39 Å². The van der Waals surface area contributed by atoms with Gasteiger partial charge >= 0.3 is 0 Å². The third-order valence-corrected chi connectivity index (χ3v) is 2.85. The fourth-order valence-corrected chi connectivity index (χ4v) is 1.97. The second-order valence-corrected chi connectivity index (χ2v) is 4.00. The minimum atomic E-state index is -0.503. The Labute approximate surface area is 107 Å². The molecule has 0 aliphatic carbocycles. The van der Waals surface area contributed by atoms with Crippen LogP contribution in [0.3, 0.4) is 0 Å². The zero-order valence-electron chi connectivity index (χ0n) is 8.42. The molecule has 2 aromatic rings. The van der Waals surface area contributed by atoms with E-state index in [0.717, 1.165) is 0 Å². The zero-order valence-corrected chi connectivity index (χ0v) is 9.93. The number of pyridine rings is 1. The molecule has 5 heteroatoms. The molecule has 1 aromatic carbocycles. The van der Waals surface area contributed by atoms with Crippen LogP contribution in [0.2, 0.25) is 10.2 Å². The highest BCUT2D eigenvalue weighted by Crippen LogP contribution is 2.34. The van der Waals surface area contributed by atoms with E-state index < -0.39 is 5.82 Å². The molecule has 0 N–H and O–H groups in total. The van der Waals surface area contributed by atoms with Crippen molar-refractivity contribution in [2.75, 3.05) is 0 Å². The molecule has 84 valence electrons. The summed E-state index contributed by atoms with van der Waals surface area (Å²) in [5.74, 6) is -0.503. The van der Waals surface area contributed by atoms with Crippen molar-refractivity contribution in [3.63, 3.8) is 0 Å². The van der Waals surface area contributed by atoms with E-state index >= 15 is 0 Å². The van der Waals surface area contributed by atoms with Crippen molar-refractivity contribution in [1.82, 2.24) is 4.98 Å². The minimum Gasteiger partial charge on any atom is -0.243 e. The van der Waals surface area contributed by atoms with Gasteiger partial charge in [0.15, 0.2) is 0 Å². The van der Waals surface area contributed by atoms with Gasteiger partial charge in [0.1, 0.15) is 17.0 Å². The van der Waals surface area contributed by atoms with Gasteiger partial charge in [-0.2, -0.15) is 5.26 Å². The van der Waals surface area contributed by atoms with Gasteiger partial charge in [0, 0.05) is 17.3 Å². The summed E-state index contributed by atoms with van der Waals surface area (Å²) in [6.07, 6.45) is 1.40. The molecule has 0 bridgehead atoms. The number of nitrogens with zero attached hydrogens (tertiary/aromatic N) is 2. The predicted molar refractivity (Wildman–Crippen MR) is 64.4 cm³/mol. The van der Waals surface area contributed by atoms with Crippen LogP contribution in [-0.4, -0.2) is 4.98 Å². The molecule has 0 unspecified atom stereocenters. The van der Waals surface area contributed by atoms with Gasteiger partial charge in [0.25, 0.3) is 0 Å². The molecule has 0 aliphatic rings. The molecule has 0 saturated heterocycles. The van der Waals surface area contributed by atoms with Crippen LogP contribution in [0.1, 0.15) is 5.56 Å². The Hall–Kier alpha value is -1.63. The summed E-state index contributed by atoms with van der Waals surface area (Å²) in [4.78, 5) is 3.77. The van der Waals surface area contributed by atoms with Crippen LogP contribution in [0.25, 0.3) is 11.1 Å². The first kappa shape index (κ1) is 11.8. The number of rotatable bonds is 1. The number of hydrogen-bond acceptors (Lipinski definition) is 2. The van der Waals surface area contributed by atoms with Gasteiger partial charge in [-0.05, 0) is 18.2 Å². The number of benzene rings is 1. The minimum absolute atomic E-state index is 0.0318. The topological polar surface area (TPSA) is 36.7 Å². The molecule has 0 atom stereocenters. The standard InChI is InChI=1S/C12H5Cl2FN2/c13-9-2-1-3-10(15)11(9)7-4-5-17-12(14)8(7)6-16/h1-5H. The predicted octanol–water partition coefficient (Wildman–Crippen LogP) is 4.07. The summed E-state index contributed by atoms with van der Waals surface area (Å²) < 4.78 is 13.7. The first-order valence-electron chi connectivity index (χ1n) is 4.64. The molecule has 1 aromatic heterocycles. The van der Waals surface area contributed by atoms with E-state index in [4.69, 9.17) is 28.5 Å². The van der Waals surface area contributed by atoms with Crippen molar-refractivity contribution in [3.05, 3.63) is 52.0 Å². The van der Waals surface area contributed by atoms with Crippen LogP contribution in [-0.2, 0) is 0 Å². The Balaban J connectivity index is 2.79. The molecule has 0 radical (unpaired) electrons. The van der Waals surface area contributed by atoms with Crippen LogP contribution in [0, 0.1) is 17.1 Å². The average Bonchev–Trinajstić information content (AvgIpc) is 2.29. The number of halogens is 3. The molecule has 1 heterocycles. The van der Waals surface area contributed by atoms with E-state index in [0.29, 0.717) is 5.56 Å². The largest absolute Gasteiger partial charge is 0.243 e. The van der Waals surface area contributed by atoms with E-state index in [1.54, 1.807) is 6.07 Å². The van der Waals surface area contributed by atoms with Crippen molar-refractivity contribution < 1.29 is 4.39 Å². The Bertz CT molecular complexity index is 600. The Morgan fingerprint density at radius 2 is 2.00 bits per heavy atom. The average molecular weight is 267 g/mol. The first-order chi connectivity index (χ1) is 8.15. The molecular formula is C12H5Cl2FN2. The van der Waals surface area contributed by atoms with Gasteiger partial charge < -0.3 is 0 Å². The van der Waals surface area contributed by atoms with Crippen LogP contribution in [0.15, 0.2) is 30.5 Å². The fourth-order valence-electron chi connectivity index (χ4n) is 1.51. The molecule has 0 spiro atoms. The molecule has 0 fully saturated rings. The van der Waals surface area contributed by atoms with Gasteiger partial charge in [0.2, 0.25) is 0 Å². The van der Waals surface area contributed by atoms with Crippen molar-refractivity contribution >= 4 is 23.2 Å². The Morgan fingerprint density at radius 1 is 1.24 bits per heavy atom. The molecular weight excluding hydrogens is 262 g/mol. The highest BCUT2D eigenvalue weighted by Gasteiger charge is 2.15. The van der Waals surface area contributed by atoms with E-state index in [1.807, 2.05) is 6.07 Å². The summed E-state index contributed by atoms with van der Waals surface area (Å²) in [7, 11) is 0. The first-order valence-corrected chi connectivity index (χ1v) is 5.39. The molecule has 2 nitrogen and oxygen atoms in total. The second kappa shape index (κ2) is 4.70. The highest BCUT2D eigenvalue weighted by molar-refractivity contribution is 6.34. The van der Waals surface area contributed by atoms with Gasteiger partial charge in [0.05, 0.1) is 10.6 Å². The van der Waals surface area contributed by atoms with Crippen LogP contribution in [0.5, 0.6) is 0 Å². The van der Waals surface area contributed by atoms with Gasteiger partial charge in [-0.15, -0.1) is 0 Å². The molecule has 0 aliphatic heterocycles. The maximum absolute atomic E-state index is 13.7. The maximum atomic E-state index is 13.7. The lowest BCUT2D eigenvalue weighted by atomic mass is 10.0. The molecule has 17 heavy (non-hydrogen) atoms. The van der Waals surface area contributed by atoms with Crippen LogP contribution in [0.4, 0.5) is 4.39 Å². The van der Waals surface area contributed by atoms with Crippen molar-refractivity contribution in [1.29, 1.82) is 5.26 Å². The number of hydrogen-bond donors (Lipinski definition) is 0. The van der Waals surface area contributed by atoms with Crippen LogP contribution < -0.4 is 0 Å². The lowest BCUT2D eigenvalue weighted by Gasteiger charge is -2.08. The van der Waals surface area contributed by atoms with E-state index in [1.165, 1.54) is 24.4 Å². The van der Waals surface area contributed by atoms with Crippen molar-refractivity contribution in [3.8, 4) is 17.2 Å². The third kappa shape index (κ3) is 2.10. The highest BCUT2D eigenvalue weighted by atomic mass is 35.5. The zero-order chi connectivity index (χ0) is 12.4. The van der Waals surface area contributed by atoms with E-state index in [2.05, 4.69) is 4.98 Å². The third-order valence-electron chi connectivity index (χ3n) is 2.25. The lowest BCUT2D eigenvalue weighted by molar-refractivity contribution is 0.631. The van der Waals surface area contributed by atoms with Crippen LogP contribution >= 0.6 is 23.2 Å². The number of nitriles is 1. The SMILES string of the molecule is N#Cc1c(-c2c(F)cccc2Cl)ccnc1Cl. The summed E-state index contributed by atoms with van der Waals surface area (Å²) in [6.45, 7) is 0. The van der Waals surface area contributed by atoms with Gasteiger partial charge in [-0.3, -0.25) is 0 Å². The quantitative estimate of drug-likeness (QED) is 0.730. The summed E-state index contributed by atoms with van der Waals surface area (Å²) in [5.41, 5.74) is 0.617. The Kier molecular flexibility index (Phi) is 3.28. The summed E-state index contributed by atoms with van der Waals surface area (Å²) in [6, 6.07) is 7.73. The summed E-state index contributed by atoms with van der Waals surface area (Å²) in [5, 5.41) is 9.26. The second-order valence-electron chi connectivity index (χ2n) is 3.23. The van der Waals surface area contributed by atoms with E-state index in [-0.39, 0.29) is 21.3 Å². The maximum Gasteiger partial charge on any atom is 0.147 e. The molecule has 0 saturated carbocycles. The fraction of sp³-hybridized carbons (Fsp3) is 0. The lowest BCUT2D eigenvalue weighted by Crippen LogP contribution is -1.92. The molecule has 0 amide bonds. The van der Waals surface area contributed by atoms with Gasteiger partial charge in [-0.1, -0.05) is 29.3 Å². The van der Waals surface area contributed by atoms with Crippen molar-refractivity contribution in [2.24, 2.45) is 0 Å². The Morgan fingerprint density at radius 3 is 2.65 bits per heavy atom. The van der Waals surface area contributed by atoms with Crippen molar-refractivity contribution in [2.45, 2.75) is 0 Å². The van der Waals surface area contributed by atoms with Gasteiger partial charge in [-0.25, -0.2) is 9.37 Å².